The van der Waals surface area contributed by atoms with Crippen LogP contribution in [0.1, 0.15) is 12.8 Å². The summed E-state index contributed by atoms with van der Waals surface area (Å²) in [6.45, 7) is 4.33. The molecule has 0 unspecified atom stereocenters. The van der Waals surface area contributed by atoms with Crippen molar-refractivity contribution < 1.29 is 21.1 Å². The van der Waals surface area contributed by atoms with Crippen LogP contribution in [0.25, 0.3) is 0 Å². The molecule has 15 heavy (non-hydrogen) atoms. The Morgan fingerprint density at radius 1 is 1.53 bits per heavy atom. The molecule has 0 N–H and O–H groups in total. The first kappa shape index (κ1) is 15.2. The number of unbranched alkanes of at least 4 members (excludes halogenated alkanes) is 1. The monoisotopic (exact) mass is 338 g/mol. The van der Waals surface area contributed by atoms with Crippen molar-refractivity contribution in [3.05, 3.63) is 41.9 Å². The van der Waals surface area contributed by atoms with Crippen LogP contribution in [-0.4, -0.2) is 6.61 Å². The van der Waals surface area contributed by atoms with Gasteiger partial charge in [-0.25, -0.2) is 0 Å². The third-order valence-electron chi connectivity index (χ3n) is 1.56. The molecule has 0 aromatic heterocycles. The van der Waals surface area contributed by atoms with E-state index in [0.29, 0.717) is 11.6 Å². The van der Waals surface area contributed by atoms with E-state index in [1.165, 1.54) is 16.3 Å². The SMILES string of the molecule is C=CCCCOc1[c-]cc(Cl)cc1.[Zn+][Br]. The van der Waals surface area contributed by atoms with E-state index >= 15 is 0 Å². The second-order valence-corrected chi connectivity index (χ2v) is 3.09. The zero-order chi connectivity index (χ0) is 11.5. The van der Waals surface area contributed by atoms with Crippen LogP contribution in [0.15, 0.2) is 30.9 Å². The third-order valence-corrected chi connectivity index (χ3v) is 1.79. The van der Waals surface area contributed by atoms with Crippen LogP contribution >= 0.6 is 25.2 Å². The number of allylic oxidation sites excluding steroid dienone is 1. The molecule has 0 amide bonds. The van der Waals surface area contributed by atoms with E-state index in [9.17, 15) is 0 Å². The molecule has 0 atom stereocenters. The summed E-state index contributed by atoms with van der Waals surface area (Å²) in [4.78, 5) is 0. The molecular formula is C11H12BrClOZn. The van der Waals surface area contributed by atoms with E-state index < -0.39 is 0 Å². The summed E-state index contributed by atoms with van der Waals surface area (Å²) in [6.07, 6.45) is 3.85. The summed E-state index contributed by atoms with van der Waals surface area (Å²) in [6, 6.07) is 8.24. The molecule has 1 rings (SSSR count). The number of benzene rings is 1. The van der Waals surface area contributed by atoms with Crippen molar-refractivity contribution in [1.82, 2.24) is 0 Å². The molecule has 0 aliphatic heterocycles. The van der Waals surface area contributed by atoms with Crippen LogP contribution in [0.5, 0.6) is 5.75 Å². The van der Waals surface area contributed by atoms with E-state index in [4.69, 9.17) is 16.3 Å². The van der Waals surface area contributed by atoms with Crippen molar-refractivity contribution in [2.45, 2.75) is 12.8 Å². The van der Waals surface area contributed by atoms with Gasteiger partial charge in [0.05, 0.1) is 6.61 Å². The van der Waals surface area contributed by atoms with Gasteiger partial charge in [-0.2, -0.15) is 23.7 Å². The van der Waals surface area contributed by atoms with Gasteiger partial charge >= 0.3 is 30.0 Å². The van der Waals surface area contributed by atoms with Crippen molar-refractivity contribution in [3.8, 4) is 5.75 Å². The third kappa shape index (κ3) is 8.01. The average Bonchev–Trinajstić information content (AvgIpc) is 2.30. The van der Waals surface area contributed by atoms with Gasteiger partial charge in [0.15, 0.2) is 0 Å². The molecule has 1 aromatic carbocycles. The van der Waals surface area contributed by atoms with Gasteiger partial charge in [0.2, 0.25) is 0 Å². The number of ether oxygens (including phenoxy) is 1. The Bertz CT molecular complexity index is 264. The van der Waals surface area contributed by atoms with Crippen LogP contribution in [-0.2, 0) is 16.3 Å². The number of hydrogen-bond donors (Lipinski definition) is 0. The minimum absolute atomic E-state index is 0.679. The van der Waals surface area contributed by atoms with Gasteiger partial charge in [-0.15, -0.1) is 18.7 Å². The van der Waals surface area contributed by atoms with Gasteiger partial charge in [0.25, 0.3) is 0 Å². The molecule has 4 heteroatoms. The van der Waals surface area contributed by atoms with Crippen molar-refractivity contribution >= 4 is 25.2 Å². The molecule has 1 nitrogen and oxygen atoms in total. The second-order valence-electron chi connectivity index (χ2n) is 2.65. The fraction of sp³-hybridized carbons (Fsp3) is 0.273. The molecule has 0 aliphatic rings. The molecule has 0 saturated heterocycles. The van der Waals surface area contributed by atoms with Crippen molar-refractivity contribution in [2.75, 3.05) is 6.61 Å². The first-order valence-corrected chi connectivity index (χ1v) is 11.8. The fourth-order valence-electron chi connectivity index (χ4n) is 0.891. The molecule has 0 radical (unpaired) electrons. The van der Waals surface area contributed by atoms with Crippen LogP contribution < -0.4 is 4.74 Å². The zero-order valence-corrected chi connectivity index (χ0v) is 13.8. The first-order chi connectivity index (χ1) is 7.33. The molecule has 0 fully saturated rings. The van der Waals surface area contributed by atoms with E-state index in [-0.39, 0.29) is 0 Å². The van der Waals surface area contributed by atoms with Gasteiger partial charge in [-0.1, -0.05) is 11.1 Å². The molecule has 0 heterocycles. The van der Waals surface area contributed by atoms with Gasteiger partial charge in [0.1, 0.15) is 0 Å². The van der Waals surface area contributed by atoms with Gasteiger partial charge in [-0.3, -0.25) is 0 Å². The predicted molar refractivity (Wildman–Crippen MR) is 64.1 cm³/mol. The summed E-state index contributed by atoms with van der Waals surface area (Å²) >= 11 is 9.95. The topological polar surface area (TPSA) is 9.23 Å². The molecule has 1 aromatic rings. The molecule has 0 saturated carbocycles. The van der Waals surface area contributed by atoms with Crippen LogP contribution in [0.2, 0.25) is 5.02 Å². The first-order valence-electron chi connectivity index (χ1n) is 4.50. The van der Waals surface area contributed by atoms with Crippen LogP contribution in [0, 0.1) is 6.07 Å². The Kier molecular flexibility index (Phi) is 10.8. The van der Waals surface area contributed by atoms with Crippen molar-refractivity contribution in [3.63, 3.8) is 0 Å². The Hall–Kier alpha value is 0.153. The van der Waals surface area contributed by atoms with E-state index in [1.807, 2.05) is 12.1 Å². The summed E-state index contributed by atoms with van der Waals surface area (Å²) < 4.78 is 5.40. The quantitative estimate of drug-likeness (QED) is 0.335. The Labute approximate surface area is 113 Å². The van der Waals surface area contributed by atoms with Gasteiger partial charge < -0.3 is 4.74 Å². The predicted octanol–water partition coefficient (Wildman–Crippen LogP) is 4.33. The maximum atomic E-state index is 5.70. The fourth-order valence-corrected chi connectivity index (χ4v) is 1.01. The number of hydrogen-bond acceptors (Lipinski definition) is 1. The van der Waals surface area contributed by atoms with Crippen molar-refractivity contribution in [1.29, 1.82) is 0 Å². The van der Waals surface area contributed by atoms with E-state index in [1.54, 1.807) is 12.1 Å². The number of rotatable bonds is 5. The summed E-state index contributed by atoms with van der Waals surface area (Å²) in [5, 5.41) is 0.679. The Morgan fingerprint density at radius 3 is 2.80 bits per heavy atom. The maximum absolute atomic E-state index is 5.70. The summed E-state index contributed by atoms with van der Waals surface area (Å²) in [5.41, 5.74) is 0. The Balaban J connectivity index is 0.000000921. The summed E-state index contributed by atoms with van der Waals surface area (Å²) in [5.74, 6) is 0.744. The van der Waals surface area contributed by atoms with E-state index in [0.717, 1.165) is 18.6 Å². The normalized spacial score (nSPS) is 8.80. The number of halogens is 2. The van der Waals surface area contributed by atoms with Gasteiger partial charge in [-0.05, 0) is 12.8 Å². The summed E-state index contributed by atoms with van der Waals surface area (Å²) in [7, 11) is 0. The zero-order valence-electron chi connectivity index (χ0n) is 8.51. The molecule has 0 aliphatic carbocycles. The molecule has 0 bridgehead atoms. The minimum atomic E-state index is 0.679. The molecule has 0 spiro atoms. The average molecular weight is 341 g/mol. The van der Waals surface area contributed by atoms with Gasteiger partial charge in [0, 0.05) is 5.75 Å². The standard InChI is InChI=1S/C11H12ClO.BrH.Zn/c1-2-3-4-9-13-11-7-5-10(12)6-8-11;;/h2,5-7H,1,3-4,9H2;1H;/q-1;;+2/p-1. The second kappa shape index (κ2) is 10.7. The van der Waals surface area contributed by atoms with Crippen molar-refractivity contribution in [2.24, 2.45) is 0 Å². The van der Waals surface area contributed by atoms with Crippen LogP contribution in [0.4, 0.5) is 0 Å². The van der Waals surface area contributed by atoms with Crippen LogP contribution in [0.3, 0.4) is 0 Å². The Morgan fingerprint density at radius 2 is 2.27 bits per heavy atom. The molecular weight excluding hydrogens is 329 g/mol. The molecule has 78 valence electrons. The van der Waals surface area contributed by atoms with E-state index in [2.05, 4.69) is 26.3 Å².